The number of carbonyl (C=O) groups is 7. The molecule has 0 fully saturated rings. The van der Waals surface area contributed by atoms with Crippen LogP contribution >= 0.6 is 0 Å². The van der Waals surface area contributed by atoms with Gasteiger partial charge in [0.15, 0.2) is 17.7 Å². The molecule has 380 valence electrons. The molecule has 6 amide bonds. The van der Waals surface area contributed by atoms with Crippen LogP contribution in [0.1, 0.15) is 138 Å². The van der Waals surface area contributed by atoms with E-state index in [1.165, 1.54) is 39.0 Å². The number of Topliss-reactive ketones (excluding diaryl/α,β-unsaturated/α-hetero) is 1. The van der Waals surface area contributed by atoms with Gasteiger partial charge in [0.25, 0.3) is 0 Å². The molecule has 0 heterocycles. The summed E-state index contributed by atoms with van der Waals surface area (Å²) in [4.78, 5) is 101. The fourth-order valence-corrected chi connectivity index (χ4v) is 6.83. The Morgan fingerprint density at radius 1 is 0.485 bits per heavy atom. The van der Waals surface area contributed by atoms with E-state index < -0.39 is 78.1 Å². The van der Waals surface area contributed by atoms with Crippen molar-refractivity contribution in [3.63, 3.8) is 0 Å². The first kappa shape index (κ1) is 60.9. The first-order valence-electron chi connectivity index (χ1n) is 23.8. The van der Waals surface area contributed by atoms with E-state index in [9.17, 15) is 33.6 Å². The Morgan fingerprint density at radius 2 is 0.970 bits per heavy atom. The smallest absolute Gasteiger partial charge is 0.243 e. The van der Waals surface area contributed by atoms with Crippen molar-refractivity contribution in [2.45, 2.75) is 174 Å². The molecule has 22 nitrogen and oxygen atoms in total. The molecule has 0 aliphatic heterocycles. The molecule has 19 N–H and O–H groups in total. The zero-order valence-corrected chi connectivity index (χ0v) is 40.7. The SMILES string of the molecule is CCCCCCCCCCN[C@@H](CCCN=C(N)N)C(=O)N[C@H](C(=O)N[C@@H](CCCCN)C(=O)N[C@H](CCCN=C(N)N)C(=O)CN[C@@H](C)C(=O)N[C@H](C(=O)NCC(N)=O)C(C)C)C(C)C. The molecule has 0 rings (SSSR count). The van der Waals surface area contributed by atoms with Gasteiger partial charge in [-0.05, 0) is 83.2 Å². The Kier molecular flexibility index (Phi) is 33.3. The van der Waals surface area contributed by atoms with Crippen LogP contribution in [0.4, 0.5) is 0 Å². The third-order valence-electron chi connectivity index (χ3n) is 10.8. The molecule has 22 heteroatoms. The number of ketones is 1. The molecular weight excluding hydrogens is 851 g/mol. The van der Waals surface area contributed by atoms with Gasteiger partial charge in [-0.2, -0.15) is 0 Å². The molecular formula is C44H87N15O7. The van der Waals surface area contributed by atoms with E-state index in [0.717, 1.165) is 19.3 Å². The lowest BCUT2D eigenvalue weighted by atomic mass is 10.00. The van der Waals surface area contributed by atoms with Crippen molar-refractivity contribution in [2.75, 3.05) is 39.3 Å². The van der Waals surface area contributed by atoms with Gasteiger partial charge < -0.3 is 66.3 Å². The quantitative estimate of drug-likeness (QED) is 0.0194. The Hall–Kier alpha value is -5.09. The molecule has 0 saturated carbocycles. The van der Waals surface area contributed by atoms with Crippen molar-refractivity contribution < 1.29 is 33.6 Å². The number of carbonyl (C=O) groups excluding carboxylic acids is 7. The summed E-state index contributed by atoms with van der Waals surface area (Å²) in [6.45, 7) is 11.4. The fraction of sp³-hybridized carbons (Fsp3) is 0.795. The number of aliphatic imine (C=N–C) groups is 2. The van der Waals surface area contributed by atoms with E-state index in [4.69, 9.17) is 34.4 Å². The predicted octanol–water partition coefficient (Wildman–Crippen LogP) is -1.28. The van der Waals surface area contributed by atoms with Gasteiger partial charge in [-0.3, -0.25) is 48.9 Å². The minimum atomic E-state index is -1.10. The highest BCUT2D eigenvalue weighted by Crippen LogP contribution is 2.11. The largest absolute Gasteiger partial charge is 0.370 e. The van der Waals surface area contributed by atoms with Crippen molar-refractivity contribution in [2.24, 2.45) is 56.2 Å². The molecule has 0 bridgehead atoms. The predicted molar refractivity (Wildman–Crippen MR) is 259 cm³/mol. The molecule has 0 aliphatic rings. The first-order valence-corrected chi connectivity index (χ1v) is 23.8. The highest BCUT2D eigenvalue weighted by Gasteiger charge is 2.33. The van der Waals surface area contributed by atoms with Crippen LogP contribution in [0.15, 0.2) is 9.98 Å². The van der Waals surface area contributed by atoms with E-state index in [1.54, 1.807) is 27.7 Å². The summed E-state index contributed by atoms with van der Waals surface area (Å²) in [7, 11) is 0. The molecule has 66 heavy (non-hydrogen) atoms. The number of nitrogens with one attached hydrogen (secondary N) is 7. The molecule has 6 atom stereocenters. The second-order valence-corrected chi connectivity index (χ2v) is 17.5. The summed E-state index contributed by atoms with van der Waals surface area (Å²) in [5, 5.41) is 19.8. The Bertz CT molecular complexity index is 1520. The number of primary amides is 1. The van der Waals surface area contributed by atoms with Crippen LogP contribution in [0, 0.1) is 11.8 Å². The van der Waals surface area contributed by atoms with E-state index in [-0.39, 0.29) is 55.6 Å². The lowest BCUT2D eigenvalue weighted by molar-refractivity contribution is -0.134. The summed E-state index contributed by atoms with van der Waals surface area (Å²) in [6.07, 6.45) is 11.7. The number of amides is 6. The summed E-state index contributed by atoms with van der Waals surface area (Å²) in [5.41, 5.74) is 32.9. The topological polar surface area (TPSA) is 385 Å². The highest BCUT2D eigenvalue weighted by atomic mass is 16.2. The maximum Gasteiger partial charge on any atom is 0.243 e. The maximum atomic E-state index is 14.0. The Balaban J connectivity index is 6.10. The van der Waals surface area contributed by atoms with Gasteiger partial charge in [0.05, 0.1) is 31.2 Å². The zero-order valence-electron chi connectivity index (χ0n) is 40.7. The third-order valence-corrected chi connectivity index (χ3v) is 10.8. The third kappa shape index (κ3) is 28.7. The number of unbranched alkanes of at least 4 members (excludes halogenated alkanes) is 8. The van der Waals surface area contributed by atoms with Crippen molar-refractivity contribution in [1.82, 2.24) is 37.2 Å². The van der Waals surface area contributed by atoms with E-state index in [2.05, 4.69) is 54.1 Å². The van der Waals surface area contributed by atoms with Crippen molar-refractivity contribution in [3.05, 3.63) is 0 Å². The van der Waals surface area contributed by atoms with E-state index in [1.807, 2.05) is 0 Å². The monoisotopic (exact) mass is 938 g/mol. The normalized spacial score (nSPS) is 13.9. The van der Waals surface area contributed by atoms with Crippen molar-refractivity contribution in [1.29, 1.82) is 0 Å². The standard InChI is InChI=1S/C44H87N15O7/c1-7-8-9-10-11-12-13-16-23-51-32(21-18-25-53-44(49)50)39(63)59-37(29(4)5)42(66)57-33(19-14-15-22-45)40(64)56-31(20-17-24-52-43(47)48)34(60)26-54-30(6)38(62)58-36(28(2)3)41(65)55-27-35(46)61/h28-33,36-37,51,54H,7-27,45H2,1-6H3,(H2,46,61)(H,55,65)(H,56,64)(H,57,66)(H,58,62)(H,59,63)(H4,47,48,52)(H4,49,50,53)/t30-,31+,32-,33-,36-,37-/m0/s1. The summed E-state index contributed by atoms with van der Waals surface area (Å²) in [6, 6.07) is -5.76. The second-order valence-electron chi connectivity index (χ2n) is 17.5. The fourth-order valence-electron chi connectivity index (χ4n) is 6.83. The molecule has 0 aliphatic carbocycles. The summed E-state index contributed by atoms with van der Waals surface area (Å²) >= 11 is 0. The van der Waals surface area contributed by atoms with Gasteiger partial charge in [0.1, 0.15) is 18.1 Å². The lowest BCUT2D eigenvalue weighted by Crippen LogP contribution is -2.59. The first-order chi connectivity index (χ1) is 31.2. The lowest BCUT2D eigenvalue weighted by Gasteiger charge is -2.28. The molecule has 0 aromatic heterocycles. The molecule has 0 aromatic carbocycles. The van der Waals surface area contributed by atoms with Gasteiger partial charge in [-0.25, -0.2) is 0 Å². The minimum Gasteiger partial charge on any atom is -0.370 e. The average molecular weight is 938 g/mol. The number of guanidine groups is 2. The molecule has 0 spiro atoms. The van der Waals surface area contributed by atoms with Gasteiger partial charge >= 0.3 is 0 Å². The molecule has 0 aromatic rings. The Morgan fingerprint density at radius 3 is 1.50 bits per heavy atom. The summed E-state index contributed by atoms with van der Waals surface area (Å²) in [5.74, 6) is -4.88. The van der Waals surface area contributed by atoms with Crippen LogP contribution in [0.2, 0.25) is 0 Å². The van der Waals surface area contributed by atoms with Crippen LogP contribution in [0.5, 0.6) is 0 Å². The van der Waals surface area contributed by atoms with Crippen LogP contribution in [-0.4, -0.2) is 129 Å². The van der Waals surface area contributed by atoms with Crippen LogP contribution in [-0.2, 0) is 33.6 Å². The maximum absolute atomic E-state index is 14.0. The number of rotatable bonds is 39. The number of nitrogens with zero attached hydrogens (tertiary/aromatic N) is 2. The van der Waals surface area contributed by atoms with Crippen LogP contribution in [0.3, 0.4) is 0 Å². The molecule has 0 saturated heterocycles. The highest BCUT2D eigenvalue weighted by molar-refractivity contribution is 5.96. The second kappa shape index (κ2) is 36.1. The number of hydrogen-bond donors (Lipinski definition) is 13. The van der Waals surface area contributed by atoms with E-state index >= 15 is 0 Å². The van der Waals surface area contributed by atoms with Gasteiger partial charge in [-0.1, -0.05) is 79.6 Å². The van der Waals surface area contributed by atoms with Gasteiger partial charge in [0, 0.05) is 13.1 Å². The number of nitrogens with two attached hydrogens (primary N) is 6. The van der Waals surface area contributed by atoms with Crippen LogP contribution < -0.4 is 71.6 Å². The zero-order chi connectivity index (χ0) is 50.0. The van der Waals surface area contributed by atoms with Crippen molar-refractivity contribution in [3.8, 4) is 0 Å². The Labute approximate surface area is 392 Å². The van der Waals surface area contributed by atoms with Gasteiger partial charge in [0.2, 0.25) is 35.4 Å². The van der Waals surface area contributed by atoms with Crippen molar-refractivity contribution >= 4 is 53.1 Å². The summed E-state index contributed by atoms with van der Waals surface area (Å²) < 4.78 is 0. The van der Waals surface area contributed by atoms with Gasteiger partial charge in [-0.15, -0.1) is 0 Å². The minimum absolute atomic E-state index is 0.0401. The number of hydrogen-bond acceptors (Lipinski definition) is 12. The average Bonchev–Trinajstić information content (AvgIpc) is 3.25. The van der Waals surface area contributed by atoms with Crippen LogP contribution in [0.25, 0.3) is 0 Å². The van der Waals surface area contributed by atoms with E-state index in [0.29, 0.717) is 51.7 Å². The molecule has 0 unspecified atom stereocenters. The molecule has 0 radical (unpaired) electrons.